The van der Waals surface area contributed by atoms with E-state index in [4.69, 9.17) is 9.15 Å². The average Bonchev–Trinajstić information content (AvgIpc) is 3.13. The quantitative estimate of drug-likeness (QED) is 0.472. The number of anilines is 1. The van der Waals surface area contributed by atoms with Crippen molar-refractivity contribution < 1.29 is 27.5 Å². The van der Waals surface area contributed by atoms with E-state index in [1.54, 1.807) is 0 Å². The van der Waals surface area contributed by atoms with Crippen molar-refractivity contribution in [2.75, 3.05) is 5.32 Å². The zero-order valence-corrected chi connectivity index (χ0v) is 15.9. The number of benzene rings is 3. The molecule has 1 atom stereocenters. The van der Waals surface area contributed by atoms with Gasteiger partial charge < -0.3 is 14.5 Å². The minimum atomic E-state index is -1.20. The van der Waals surface area contributed by atoms with E-state index in [-0.39, 0.29) is 12.1 Å². The van der Waals surface area contributed by atoms with Gasteiger partial charge in [0.05, 0.1) is 18.4 Å². The first-order chi connectivity index (χ1) is 14.4. The Labute approximate surface area is 170 Å². The minimum absolute atomic E-state index is 0.104. The van der Waals surface area contributed by atoms with Crippen molar-refractivity contribution in [2.45, 2.75) is 19.4 Å². The Bertz CT molecular complexity index is 1260. The van der Waals surface area contributed by atoms with Crippen molar-refractivity contribution >= 4 is 39.3 Å². The predicted octanol–water partition coefficient (Wildman–Crippen LogP) is 4.98. The second kappa shape index (κ2) is 7.94. The molecule has 0 aliphatic rings. The maximum atomic E-state index is 13.7. The molecule has 1 aromatic heterocycles. The van der Waals surface area contributed by atoms with Crippen molar-refractivity contribution in [3.05, 3.63) is 78.1 Å². The summed E-state index contributed by atoms with van der Waals surface area (Å²) in [4.78, 5) is 24.6. The second-order valence-corrected chi connectivity index (χ2v) is 6.84. The second-order valence-electron chi connectivity index (χ2n) is 6.84. The summed E-state index contributed by atoms with van der Waals surface area (Å²) in [5, 5.41) is 4.98. The maximum absolute atomic E-state index is 13.7. The number of fused-ring (bicyclic) bond motifs is 3. The van der Waals surface area contributed by atoms with Gasteiger partial charge in [0, 0.05) is 17.0 Å². The molecule has 4 aromatic rings. The van der Waals surface area contributed by atoms with Crippen LogP contribution in [0.2, 0.25) is 0 Å². The number of halogens is 2. The summed E-state index contributed by atoms with van der Waals surface area (Å²) < 4.78 is 37.7. The number of ether oxygens (including phenoxy) is 1. The Morgan fingerprint density at radius 1 is 1.10 bits per heavy atom. The number of carbonyl (C=O) groups excluding carboxylic acids is 2. The molecular weight excluding hydrogens is 392 g/mol. The van der Waals surface area contributed by atoms with Crippen LogP contribution in [0.25, 0.3) is 21.7 Å². The molecule has 152 valence electrons. The van der Waals surface area contributed by atoms with E-state index in [1.807, 2.05) is 36.4 Å². The first-order valence-electron chi connectivity index (χ1n) is 9.25. The molecule has 0 unspecified atom stereocenters. The van der Waals surface area contributed by atoms with Gasteiger partial charge in [0.25, 0.3) is 5.91 Å². The van der Waals surface area contributed by atoms with Crippen LogP contribution in [0.15, 0.2) is 65.3 Å². The van der Waals surface area contributed by atoms with E-state index in [0.717, 1.165) is 34.4 Å². The van der Waals surface area contributed by atoms with Gasteiger partial charge in [-0.05, 0) is 35.9 Å². The maximum Gasteiger partial charge on any atom is 0.311 e. The lowest BCUT2D eigenvalue weighted by molar-refractivity contribution is -0.152. The highest BCUT2D eigenvalue weighted by molar-refractivity contribution is 6.08. The summed E-state index contributed by atoms with van der Waals surface area (Å²) >= 11 is 0. The fraction of sp³-hybridized carbons (Fsp3) is 0.130. The third-order valence-electron chi connectivity index (χ3n) is 4.74. The standard InChI is InChI=1S/C23H17F2NO4/c1-13(23(28)26-19-11-16(24)7-8-18(19)25)30-21(27)10-15-12-29-20-9-6-14-4-2-3-5-17(14)22(15)20/h2-9,11-13H,10H2,1H3,(H,26,28)/t13-/m1/s1. The van der Waals surface area contributed by atoms with Crippen LogP contribution < -0.4 is 5.32 Å². The number of nitrogens with one attached hydrogen (secondary N) is 1. The summed E-state index contributed by atoms with van der Waals surface area (Å²) in [5.41, 5.74) is 0.953. The van der Waals surface area contributed by atoms with E-state index in [9.17, 15) is 18.4 Å². The van der Waals surface area contributed by atoms with E-state index < -0.39 is 29.6 Å². The summed E-state index contributed by atoms with van der Waals surface area (Å²) in [6.45, 7) is 1.35. The van der Waals surface area contributed by atoms with Crippen molar-refractivity contribution in [3.63, 3.8) is 0 Å². The number of esters is 1. The molecule has 1 amide bonds. The van der Waals surface area contributed by atoms with Gasteiger partial charge in [0.15, 0.2) is 6.10 Å². The molecule has 30 heavy (non-hydrogen) atoms. The van der Waals surface area contributed by atoms with Gasteiger partial charge >= 0.3 is 5.97 Å². The van der Waals surface area contributed by atoms with Crippen LogP contribution in [-0.2, 0) is 20.7 Å². The van der Waals surface area contributed by atoms with Crippen LogP contribution in [-0.4, -0.2) is 18.0 Å². The van der Waals surface area contributed by atoms with Gasteiger partial charge in [-0.3, -0.25) is 9.59 Å². The lowest BCUT2D eigenvalue weighted by Gasteiger charge is -2.14. The number of amides is 1. The molecule has 0 saturated carbocycles. The molecule has 1 N–H and O–H groups in total. The van der Waals surface area contributed by atoms with Gasteiger partial charge in [-0.2, -0.15) is 0 Å². The summed E-state index contributed by atoms with van der Waals surface area (Å²) in [5.74, 6) is -2.90. The van der Waals surface area contributed by atoms with E-state index in [0.29, 0.717) is 11.1 Å². The molecule has 3 aromatic carbocycles. The Kier molecular flexibility index (Phi) is 5.18. The highest BCUT2D eigenvalue weighted by Gasteiger charge is 2.21. The number of hydrogen-bond donors (Lipinski definition) is 1. The zero-order valence-electron chi connectivity index (χ0n) is 15.9. The molecule has 0 aliphatic carbocycles. The van der Waals surface area contributed by atoms with Crippen LogP contribution in [0.1, 0.15) is 12.5 Å². The molecule has 5 nitrogen and oxygen atoms in total. The minimum Gasteiger partial charge on any atom is -0.464 e. The van der Waals surface area contributed by atoms with Gasteiger partial charge in [0.1, 0.15) is 17.2 Å². The van der Waals surface area contributed by atoms with E-state index >= 15 is 0 Å². The normalized spacial score (nSPS) is 12.1. The Morgan fingerprint density at radius 2 is 1.90 bits per heavy atom. The largest absolute Gasteiger partial charge is 0.464 e. The number of hydrogen-bond acceptors (Lipinski definition) is 4. The van der Waals surface area contributed by atoms with Crippen molar-refractivity contribution in [1.82, 2.24) is 0 Å². The summed E-state index contributed by atoms with van der Waals surface area (Å²) in [7, 11) is 0. The topological polar surface area (TPSA) is 68.5 Å². The highest BCUT2D eigenvalue weighted by Crippen LogP contribution is 2.30. The van der Waals surface area contributed by atoms with Gasteiger partial charge in [-0.15, -0.1) is 0 Å². The Balaban J connectivity index is 1.47. The molecule has 1 heterocycles. The summed E-state index contributed by atoms with van der Waals surface area (Å²) in [6.07, 6.45) is 0.188. The molecule has 0 radical (unpaired) electrons. The predicted molar refractivity (Wildman–Crippen MR) is 108 cm³/mol. The van der Waals surface area contributed by atoms with Crippen LogP contribution in [0, 0.1) is 11.6 Å². The molecule has 0 aliphatic heterocycles. The molecule has 4 rings (SSSR count). The van der Waals surface area contributed by atoms with Gasteiger partial charge in [-0.25, -0.2) is 8.78 Å². The van der Waals surface area contributed by atoms with Gasteiger partial charge in [-0.1, -0.05) is 30.3 Å². The van der Waals surface area contributed by atoms with E-state index in [2.05, 4.69) is 5.32 Å². The van der Waals surface area contributed by atoms with E-state index in [1.165, 1.54) is 13.2 Å². The molecule has 0 fully saturated rings. The SMILES string of the molecule is C[C@@H](OC(=O)Cc1coc2ccc3ccccc3c12)C(=O)Nc1cc(F)ccc1F. The average molecular weight is 409 g/mol. The fourth-order valence-corrected chi connectivity index (χ4v) is 3.28. The number of rotatable bonds is 5. The Hall–Kier alpha value is -3.74. The van der Waals surface area contributed by atoms with Crippen LogP contribution in [0.5, 0.6) is 0 Å². The van der Waals surface area contributed by atoms with Crippen molar-refractivity contribution in [1.29, 1.82) is 0 Å². The lowest BCUT2D eigenvalue weighted by atomic mass is 10.0. The first-order valence-corrected chi connectivity index (χ1v) is 9.25. The summed E-state index contributed by atoms with van der Waals surface area (Å²) in [6, 6.07) is 14.2. The number of furan rings is 1. The van der Waals surface area contributed by atoms with Crippen LogP contribution in [0.4, 0.5) is 14.5 Å². The highest BCUT2D eigenvalue weighted by atomic mass is 19.1. The zero-order chi connectivity index (χ0) is 21.3. The Morgan fingerprint density at radius 3 is 2.73 bits per heavy atom. The molecular formula is C23H17F2NO4. The van der Waals surface area contributed by atoms with Crippen molar-refractivity contribution in [3.8, 4) is 0 Å². The molecule has 0 bridgehead atoms. The first kappa shape index (κ1) is 19.6. The number of carbonyl (C=O) groups is 2. The molecule has 7 heteroatoms. The monoisotopic (exact) mass is 409 g/mol. The third-order valence-corrected chi connectivity index (χ3v) is 4.74. The smallest absolute Gasteiger partial charge is 0.311 e. The van der Waals surface area contributed by atoms with Crippen LogP contribution >= 0.6 is 0 Å². The lowest BCUT2D eigenvalue weighted by Crippen LogP contribution is -2.30. The van der Waals surface area contributed by atoms with Gasteiger partial charge in [0.2, 0.25) is 0 Å². The third kappa shape index (κ3) is 3.87. The van der Waals surface area contributed by atoms with Crippen molar-refractivity contribution in [2.24, 2.45) is 0 Å². The fourth-order valence-electron chi connectivity index (χ4n) is 3.28. The van der Waals surface area contributed by atoms with Crippen LogP contribution in [0.3, 0.4) is 0 Å². The molecule has 0 saturated heterocycles. The molecule has 0 spiro atoms.